The first-order valence-corrected chi connectivity index (χ1v) is 6.57. The molecule has 1 N–H and O–H groups in total. The van der Waals surface area contributed by atoms with Crippen molar-refractivity contribution in [2.45, 2.75) is 33.0 Å². The molecule has 0 fully saturated rings. The summed E-state index contributed by atoms with van der Waals surface area (Å²) in [6, 6.07) is 8.20. The van der Waals surface area contributed by atoms with E-state index in [1.54, 1.807) is 0 Å². The fraction of sp³-hybridized carbons (Fsp3) is 0.400. The Morgan fingerprint density at radius 2 is 1.95 bits per heavy atom. The zero-order chi connectivity index (χ0) is 13.7. The molecule has 0 unspecified atom stereocenters. The Morgan fingerprint density at radius 1 is 1.21 bits per heavy atom. The van der Waals surface area contributed by atoms with Crippen molar-refractivity contribution in [3.63, 3.8) is 0 Å². The van der Waals surface area contributed by atoms with Gasteiger partial charge >= 0.3 is 0 Å². The maximum atomic E-state index is 5.61. The Kier molecular flexibility index (Phi) is 4.58. The van der Waals surface area contributed by atoms with Crippen LogP contribution in [0.5, 0.6) is 5.75 Å². The largest absolute Gasteiger partial charge is 0.491 e. The summed E-state index contributed by atoms with van der Waals surface area (Å²) >= 11 is 0. The fourth-order valence-electron chi connectivity index (χ4n) is 1.84. The molecule has 0 bridgehead atoms. The number of aromatic nitrogens is 2. The van der Waals surface area contributed by atoms with Gasteiger partial charge in [0.1, 0.15) is 11.6 Å². The SMILES string of the molecule is CC(C)Oc1ccc(CNCc2nccn2C)cc1. The maximum Gasteiger partial charge on any atom is 0.122 e. The summed E-state index contributed by atoms with van der Waals surface area (Å²) in [5.41, 5.74) is 1.24. The van der Waals surface area contributed by atoms with E-state index in [1.807, 2.05) is 50.0 Å². The van der Waals surface area contributed by atoms with Crippen LogP contribution in [0.2, 0.25) is 0 Å². The van der Waals surface area contributed by atoms with Crippen LogP contribution in [-0.4, -0.2) is 15.7 Å². The minimum Gasteiger partial charge on any atom is -0.491 e. The second-order valence-corrected chi connectivity index (χ2v) is 4.87. The van der Waals surface area contributed by atoms with Crippen molar-refractivity contribution >= 4 is 0 Å². The summed E-state index contributed by atoms with van der Waals surface area (Å²) in [7, 11) is 2.00. The van der Waals surface area contributed by atoms with Gasteiger partial charge in [-0.25, -0.2) is 4.98 Å². The molecule has 2 rings (SSSR count). The topological polar surface area (TPSA) is 39.1 Å². The van der Waals surface area contributed by atoms with Crippen LogP contribution >= 0.6 is 0 Å². The molecule has 19 heavy (non-hydrogen) atoms. The zero-order valence-corrected chi connectivity index (χ0v) is 11.8. The Hall–Kier alpha value is -1.81. The van der Waals surface area contributed by atoms with E-state index >= 15 is 0 Å². The minimum absolute atomic E-state index is 0.215. The Bertz CT molecular complexity index is 502. The molecule has 0 saturated heterocycles. The molecule has 0 radical (unpaired) electrons. The number of hydrogen-bond acceptors (Lipinski definition) is 3. The highest BCUT2D eigenvalue weighted by Crippen LogP contribution is 2.13. The van der Waals surface area contributed by atoms with Crippen molar-refractivity contribution in [1.82, 2.24) is 14.9 Å². The molecule has 1 aromatic carbocycles. The molecule has 0 spiro atoms. The molecular weight excluding hydrogens is 238 g/mol. The third-order valence-corrected chi connectivity index (χ3v) is 2.83. The van der Waals surface area contributed by atoms with E-state index in [0.29, 0.717) is 0 Å². The van der Waals surface area contributed by atoms with Gasteiger partial charge in [0.25, 0.3) is 0 Å². The molecule has 0 aliphatic carbocycles. The third-order valence-electron chi connectivity index (χ3n) is 2.83. The number of nitrogens with zero attached hydrogens (tertiary/aromatic N) is 2. The van der Waals surface area contributed by atoms with Gasteiger partial charge in [0.2, 0.25) is 0 Å². The quantitative estimate of drug-likeness (QED) is 0.866. The van der Waals surface area contributed by atoms with E-state index in [-0.39, 0.29) is 6.10 Å². The molecule has 2 aromatic rings. The second-order valence-electron chi connectivity index (χ2n) is 4.87. The van der Waals surface area contributed by atoms with E-state index in [4.69, 9.17) is 4.74 Å². The molecule has 102 valence electrons. The normalized spacial score (nSPS) is 10.9. The number of hydrogen-bond donors (Lipinski definition) is 1. The van der Waals surface area contributed by atoms with Crippen molar-refractivity contribution in [3.8, 4) is 5.75 Å². The maximum absolute atomic E-state index is 5.61. The average Bonchev–Trinajstić information content (AvgIpc) is 2.77. The van der Waals surface area contributed by atoms with Crippen LogP contribution < -0.4 is 10.1 Å². The van der Waals surface area contributed by atoms with Crippen molar-refractivity contribution in [1.29, 1.82) is 0 Å². The van der Waals surface area contributed by atoms with Gasteiger partial charge in [-0.2, -0.15) is 0 Å². The first-order valence-electron chi connectivity index (χ1n) is 6.57. The van der Waals surface area contributed by atoms with Crippen LogP contribution in [-0.2, 0) is 20.1 Å². The highest BCUT2D eigenvalue weighted by molar-refractivity contribution is 5.27. The summed E-state index contributed by atoms with van der Waals surface area (Å²) < 4.78 is 7.63. The zero-order valence-electron chi connectivity index (χ0n) is 11.8. The van der Waals surface area contributed by atoms with Gasteiger partial charge in [0.05, 0.1) is 12.6 Å². The third kappa shape index (κ3) is 4.10. The van der Waals surface area contributed by atoms with Crippen molar-refractivity contribution < 1.29 is 4.74 Å². The lowest BCUT2D eigenvalue weighted by Crippen LogP contribution is -2.15. The van der Waals surface area contributed by atoms with E-state index in [0.717, 1.165) is 24.7 Å². The predicted octanol–water partition coefficient (Wildman–Crippen LogP) is 2.50. The first-order chi connectivity index (χ1) is 9.15. The number of benzene rings is 1. The highest BCUT2D eigenvalue weighted by atomic mass is 16.5. The molecule has 0 amide bonds. The van der Waals surface area contributed by atoms with E-state index < -0.39 is 0 Å². The molecular formula is C15H21N3O. The standard InChI is InChI=1S/C15H21N3O/c1-12(2)19-14-6-4-13(5-7-14)10-16-11-15-17-8-9-18(15)3/h4-9,12,16H,10-11H2,1-3H3. The Labute approximate surface area is 114 Å². The van der Waals surface area contributed by atoms with Crippen LogP contribution in [0.15, 0.2) is 36.7 Å². The molecule has 4 nitrogen and oxygen atoms in total. The highest BCUT2D eigenvalue weighted by Gasteiger charge is 2.00. The predicted molar refractivity (Wildman–Crippen MR) is 76.0 cm³/mol. The lowest BCUT2D eigenvalue weighted by Gasteiger charge is -2.10. The van der Waals surface area contributed by atoms with Crippen molar-refractivity contribution in [2.75, 3.05) is 0 Å². The molecule has 1 heterocycles. The van der Waals surface area contributed by atoms with Gasteiger partial charge in [-0.05, 0) is 31.5 Å². The second kappa shape index (κ2) is 6.38. The Morgan fingerprint density at radius 3 is 2.53 bits per heavy atom. The monoisotopic (exact) mass is 259 g/mol. The van der Waals surface area contributed by atoms with Gasteiger partial charge < -0.3 is 14.6 Å². The molecule has 0 saturated carbocycles. The molecule has 0 atom stereocenters. The number of ether oxygens (including phenoxy) is 1. The lowest BCUT2D eigenvalue weighted by molar-refractivity contribution is 0.242. The Balaban J connectivity index is 1.81. The van der Waals surface area contributed by atoms with Crippen molar-refractivity contribution in [2.24, 2.45) is 7.05 Å². The van der Waals surface area contributed by atoms with Gasteiger partial charge in [0, 0.05) is 26.0 Å². The summed E-state index contributed by atoms with van der Waals surface area (Å²) in [6.07, 6.45) is 3.98. The van der Waals surface area contributed by atoms with Crippen molar-refractivity contribution in [3.05, 3.63) is 48.0 Å². The molecule has 0 aliphatic heterocycles. The van der Waals surface area contributed by atoms with Crippen LogP contribution in [0, 0.1) is 0 Å². The smallest absolute Gasteiger partial charge is 0.122 e. The van der Waals surface area contributed by atoms with Crippen LogP contribution in [0.4, 0.5) is 0 Å². The fourth-order valence-corrected chi connectivity index (χ4v) is 1.84. The van der Waals surface area contributed by atoms with Gasteiger partial charge in [-0.1, -0.05) is 12.1 Å². The van der Waals surface area contributed by atoms with E-state index in [2.05, 4.69) is 22.4 Å². The molecule has 1 aromatic heterocycles. The number of imidazole rings is 1. The summed E-state index contributed by atoms with van der Waals surface area (Å²) in [6.45, 7) is 5.66. The molecule has 4 heteroatoms. The van der Waals surface area contributed by atoms with Gasteiger partial charge in [-0.15, -0.1) is 0 Å². The van der Waals surface area contributed by atoms with Crippen LogP contribution in [0.1, 0.15) is 25.2 Å². The summed E-state index contributed by atoms with van der Waals surface area (Å²) in [4.78, 5) is 4.27. The number of nitrogens with one attached hydrogen (secondary N) is 1. The van der Waals surface area contributed by atoms with E-state index in [1.165, 1.54) is 5.56 Å². The van der Waals surface area contributed by atoms with Gasteiger partial charge in [0.15, 0.2) is 0 Å². The van der Waals surface area contributed by atoms with Gasteiger partial charge in [-0.3, -0.25) is 0 Å². The van der Waals surface area contributed by atoms with Crippen LogP contribution in [0.25, 0.3) is 0 Å². The minimum atomic E-state index is 0.215. The lowest BCUT2D eigenvalue weighted by atomic mass is 10.2. The number of rotatable bonds is 6. The summed E-state index contributed by atoms with van der Waals surface area (Å²) in [5, 5.41) is 3.38. The summed E-state index contributed by atoms with van der Waals surface area (Å²) in [5.74, 6) is 1.96. The van der Waals surface area contributed by atoms with E-state index in [9.17, 15) is 0 Å². The van der Waals surface area contributed by atoms with Crippen LogP contribution in [0.3, 0.4) is 0 Å². The average molecular weight is 259 g/mol. The number of aryl methyl sites for hydroxylation is 1. The first kappa shape index (κ1) is 13.6. The molecule has 0 aliphatic rings.